The number of nitrogens with zero attached hydrogens (tertiary/aromatic N) is 1. The van der Waals surface area contributed by atoms with Crippen LogP contribution in [0.2, 0.25) is 0 Å². The maximum Gasteiger partial charge on any atom is 0.331 e. The zero-order valence-electron chi connectivity index (χ0n) is 19.2. The van der Waals surface area contributed by atoms with E-state index < -0.39 is 11.6 Å². The summed E-state index contributed by atoms with van der Waals surface area (Å²) in [6, 6.07) is 19.6. The average molecular weight is 422 g/mol. The number of hydrogen-bond donors (Lipinski definition) is 0. The van der Waals surface area contributed by atoms with E-state index in [1.54, 1.807) is 7.11 Å². The number of hydrogen-bond acceptors (Lipinski definition) is 4. The molecular weight excluding hydrogens is 386 g/mol. The highest BCUT2D eigenvalue weighted by molar-refractivity contribution is 6.13. The molecule has 0 bridgehead atoms. The Hall–Kier alpha value is -2.46. The largest absolute Gasteiger partial charge is 0.458 e. The first-order chi connectivity index (χ1) is 14.9. The molecule has 0 amide bonds. The van der Waals surface area contributed by atoms with Crippen LogP contribution in [0.5, 0.6) is 0 Å². The lowest BCUT2D eigenvalue weighted by molar-refractivity contribution is -0.156. The van der Waals surface area contributed by atoms with Crippen molar-refractivity contribution in [3.05, 3.63) is 71.8 Å². The Morgan fingerprint density at radius 3 is 1.90 bits per heavy atom. The molecule has 2 aromatic rings. The lowest BCUT2D eigenvalue weighted by Gasteiger charge is -2.30. The topological polar surface area (TPSA) is 47.9 Å². The van der Waals surface area contributed by atoms with E-state index in [0.717, 1.165) is 42.5 Å². The summed E-state index contributed by atoms with van der Waals surface area (Å²) in [5.74, 6) is 0.200. The van der Waals surface area contributed by atoms with Gasteiger partial charge in [-0.05, 0) is 58.8 Å². The van der Waals surface area contributed by atoms with Gasteiger partial charge < -0.3 is 9.47 Å². The van der Waals surface area contributed by atoms with Crippen LogP contribution in [0.3, 0.4) is 0 Å². The molecule has 0 radical (unpaired) electrons. The van der Waals surface area contributed by atoms with Crippen LogP contribution in [0.25, 0.3) is 0 Å². The number of carbonyl (C=O) groups excluding carboxylic acids is 1. The van der Waals surface area contributed by atoms with Crippen LogP contribution in [-0.2, 0) is 14.3 Å². The van der Waals surface area contributed by atoms with Crippen LogP contribution < -0.4 is 0 Å². The second-order valence-electron chi connectivity index (χ2n) is 9.37. The Labute approximate surface area is 186 Å². The third-order valence-corrected chi connectivity index (χ3v) is 5.74. The Kier molecular flexibility index (Phi) is 8.03. The summed E-state index contributed by atoms with van der Waals surface area (Å²) in [7, 11) is 1.78. The van der Waals surface area contributed by atoms with E-state index >= 15 is 0 Å². The number of carbonyl (C=O) groups is 1. The Balaban J connectivity index is 1.93. The van der Waals surface area contributed by atoms with Crippen LogP contribution in [0, 0.1) is 5.92 Å². The summed E-state index contributed by atoms with van der Waals surface area (Å²) in [6.45, 7) is 5.72. The zero-order valence-corrected chi connectivity index (χ0v) is 19.2. The number of ether oxygens (including phenoxy) is 2. The number of rotatable bonds is 7. The molecule has 0 saturated heterocycles. The van der Waals surface area contributed by atoms with Gasteiger partial charge in [0.15, 0.2) is 0 Å². The highest BCUT2D eigenvalue weighted by atomic mass is 16.6. The molecule has 4 heteroatoms. The minimum Gasteiger partial charge on any atom is -0.458 e. The maximum atomic E-state index is 13.2. The molecule has 1 aliphatic rings. The highest BCUT2D eigenvalue weighted by Gasteiger charge is 2.30. The van der Waals surface area contributed by atoms with Crippen molar-refractivity contribution in [2.24, 2.45) is 10.9 Å². The third kappa shape index (κ3) is 7.03. The normalized spacial score (nSPS) is 20.0. The molecule has 1 aliphatic carbocycles. The quantitative estimate of drug-likeness (QED) is 0.417. The van der Waals surface area contributed by atoms with Crippen LogP contribution in [0.4, 0.5) is 0 Å². The Morgan fingerprint density at radius 2 is 1.45 bits per heavy atom. The summed E-state index contributed by atoms with van der Waals surface area (Å²) >= 11 is 0. The molecule has 0 aliphatic heterocycles. The number of aliphatic imine (C=N–C) groups is 1. The van der Waals surface area contributed by atoms with Crippen molar-refractivity contribution < 1.29 is 14.3 Å². The van der Waals surface area contributed by atoms with Crippen LogP contribution in [0.1, 0.15) is 64.0 Å². The van der Waals surface area contributed by atoms with Crippen LogP contribution in [0.15, 0.2) is 65.7 Å². The van der Waals surface area contributed by atoms with Crippen molar-refractivity contribution in [2.75, 3.05) is 7.11 Å². The zero-order chi connectivity index (χ0) is 22.3. The highest BCUT2D eigenvalue weighted by Crippen LogP contribution is 2.31. The van der Waals surface area contributed by atoms with Crippen LogP contribution >= 0.6 is 0 Å². The lowest BCUT2D eigenvalue weighted by atomic mass is 9.83. The Morgan fingerprint density at radius 1 is 0.935 bits per heavy atom. The maximum absolute atomic E-state index is 13.2. The minimum absolute atomic E-state index is 0.245. The van der Waals surface area contributed by atoms with Gasteiger partial charge in [-0.2, -0.15) is 0 Å². The first-order valence-electron chi connectivity index (χ1n) is 11.3. The smallest absolute Gasteiger partial charge is 0.331 e. The van der Waals surface area contributed by atoms with Gasteiger partial charge in [0, 0.05) is 18.2 Å². The van der Waals surface area contributed by atoms with Gasteiger partial charge in [0.05, 0.1) is 11.8 Å². The van der Waals surface area contributed by atoms with Gasteiger partial charge in [-0.25, -0.2) is 4.79 Å². The van der Waals surface area contributed by atoms with Gasteiger partial charge in [0.25, 0.3) is 0 Å². The Bertz CT molecular complexity index is 806. The second kappa shape index (κ2) is 10.7. The van der Waals surface area contributed by atoms with Crippen molar-refractivity contribution >= 4 is 11.7 Å². The molecule has 2 aromatic carbocycles. The van der Waals surface area contributed by atoms with Crippen molar-refractivity contribution in [1.82, 2.24) is 0 Å². The summed E-state index contributed by atoms with van der Waals surface area (Å²) in [5.41, 5.74) is 2.30. The fourth-order valence-corrected chi connectivity index (χ4v) is 4.15. The van der Waals surface area contributed by atoms with Crippen molar-refractivity contribution in [1.29, 1.82) is 0 Å². The minimum atomic E-state index is -0.543. The first kappa shape index (κ1) is 23.2. The number of methoxy groups -OCH3 is 1. The first-order valence-corrected chi connectivity index (χ1v) is 11.3. The van der Waals surface area contributed by atoms with Crippen molar-refractivity contribution in [3.63, 3.8) is 0 Å². The molecule has 1 fully saturated rings. The van der Waals surface area contributed by atoms with Gasteiger partial charge in [0.1, 0.15) is 11.6 Å². The summed E-state index contributed by atoms with van der Waals surface area (Å²) in [6.07, 6.45) is 5.23. The molecule has 166 valence electrons. The molecule has 0 aromatic heterocycles. The number of benzene rings is 2. The van der Waals surface area contributed by atoms with Gasteiger partial charge in [-0.3, -0.25) is 4.99 Å². The standard InChI is InChI=1S/C27H35NO3/c1-27(2,3)31-26(29)24(19-20-15-17-23(30-4)18-16-20)28-25(21-11-7-5-8-12-21)22-13-9-6-10-14-22/h5-14,20,23-24H,15-19H2,1-4H3/t20?,23?,24-/m0/s1. The summed E-state index contributed by atoms with van der Waals surface area (Å²) < 4.78 is 11.3. The lowest BCUT2D eigenvalue weighted by Crippen LogP contribution is -2.34. The van der Waals surface area contributed by atoms with E-state index in [-0.39, 0.29) is 5.97 Å². The predicted octanol–water partition coefficient (Wildman–Crippen LogP) is 5.83. The molecular formula is C27H35NO3. The van der Waals surface area contributed by atoms with E-state index in [1.165, 1.54) is 0 Å². The van der Waals surface area contributed by atoms with Gasteiger partial charge >= 0.3 is 5.97 Å². The van der Waals surface area contributed by atoms with Crippen molar-refractivity contribution in [2.45, 2.75) is 70.6 Å². The second-order valence-corrected chi connectivity index (χ2v) is 9.37. The monoisotopic (exact) mass is 421 g/mol. The van der Waals surface area contributed by atoms with Gasteiger partial charge in [-0.1, -0.05) is 60.7 Å². The van der Waals surface area contributed by atoms with Crippen molar-refractivity contribution in [3.8, 4) is 0 Å². The number of esters is 1. The molecule has 31 heavy (non-hydrogen) atoms. The molecule has 1 saturated carbocycles. The van der Waals surface area contributed by atoms with E-state index in [4.69, 9.17) is 14.5 Å². The van der Waals surface area contributed by atoms with E-state index in [1.807, 2.05) is 81.4 Å². The summed E-state index contributed by atoms with van der Waals surface area (Å²) in [5, 5.41) is 0. The van der Waals surface area contributed by atoms with E-state index in [0.29, 0.717) is 18.4 Å². The van der Waals surface area contributed by atoms with Gasteiger partial charge in [-0.15, -0.1) is 0 Å². The molecule has 1 atom stereocenters. The third-order valence-electron chi connectivity index (χ3n) is 5.74. The van der Waals surface area contributed by atoms with E-state index in [2.05, 4.69) is 0 Å². The fourth-order valence-electron chi connectivity index (χ4n) is 4.15. The predicted molar refractivity (Wildman–Crippen MR) is 126 cm³/mol. The average Bonchev–Trinajstić information content (AvgIpc) is 2.77. The molecule has 0 unspecified atom stereocenters. The fraction of sp³-hybridized carbons (Fsp3) is 0.481. The van der Waals surface area contributed by atoms with E-state index in [9.17, 15) is 4.79 Å². The molecule has 0 N–H and O–H groups in total. The molecule has 0 heterocycles. The molecule has 3 rings (SSSR count). The summed E-state index contributed by atoms with van der Waals surface area (Å²) in [4.78, 5) is 18.2. The van der Waals surface area contributed by atoms with Gasteiger partial charge in [0.2, 0.25) is 0 Å². The van der Waals surface area contributed by atoms with Crippen LogP contribution in [-0.4, -0.2) is 36.5 Å². The SMILES string of the molecule is COC1CCC(C[C@H](N=C(c2ccccc2)c2ccccc2)C(=O)OC(C)(C)C)CC1. The molecule has 4 nitrogen and oxygen atoms in total. The molecule has 0 spiro atoms.